The Morgan fingerprint density at radius 2 is 1.92 bits per heavy atom. The highest BCUT2D eigenvalue weighted by molar-refractivity contribution is 6.50. The Bertz CT molecular complexity index is 810. The summed E-state index contributed by atoms with van der Waals surface area (Å²) in [6, 6.07) is 15.4. The summed E-state index contributed by atoms with van der Waals surface area (Å²) in [7, 11) is 0. The maximum absolute atomic E-state index is 11.7. The number of nitrogens with zero attached hydrogens (tertiary/aromatic N) is 1. The molecule has 0 bridgehead atoms. The van der Waals surface area contributed by atoms with Gasteiger partial charge < -0.3 is 0 Å². The van der Waals surface area contributed by atoms with Gasteiger partial charge in [0, 0.05) is 5.69 Å². The first kappa shape index (κ1) is 16.3. The van der Waals surface area contributed by atoms with E-state index in [1.165, 1.54) is 11.8 Å². The van der Waals surface area contributed by atoms with E-state index in [9.17, 15) is 4.79 Å². The number of hydrogen-bond acceptors (Lipinski definition) is 3. The van der Waals surface area contributed by atoms with Crippen molar-refractivity contribution in [3.8, 4) is 0 Å². The predicted octanol–water partition coefficient (Wildman–Crippen LogP) is 5.13. The molecule has 0 aromatic heterocycles. The van der Waals surface area contributed by atoms with Gasteiger partial charge in [0.05, 0.1) is 11.2 Å². The van der Waals surface area contributed by atoms with Gasteiger partial charge in [-0.15, -0.1) is 0 Å². The van der Waals surface area contributed by atoms with Crippen LogP contribution < -0.4 is 5.32 Å². The van der Waals surface area contributed by atoms with Crippen LogP contribution in [0.2, 0.25) is 0 Å². The van der Waals surface area contributed by atoms with Gasteiger partial charge in [0.1, 0.15) is 0 Å². The zero-order chi connectivity index (χ0) is 16.9. The number of oxime groups is 1. The highest BCUT2D eigenvalue weighted by Crippen LogP contribution is 2.33. The molecule has 1 amide bonds. The fourth-order valence-electron chi connectivity index (χ4n) is 2.54. The largest absolute Gasteiger partial charge is 0.437 e. The van der Waals surface area contributed by atoms with Crippen LogP contribution in [0.15, 0.2) is 59.3 Å². The second kappa shape index (κ2) is 7.32. The van der Waals surface area contributed by atoms with Crippen LogP contribution in [-0.4, -0.2) is 12.3 Å². The molecular weight excluding hydrogens is 324 g/mol. The standard InChI is InChI=1S/C19H17ClN2O2/c1-13-6-10-16(11-7-13)22-19(23)24-21-12-15-9-8-14-4-2-3-5-17(14)18(15)20/h2-7,10-12H,8-9H2,1H3,(H,22,23)/b21-12+. The van der Waals surface area contributed by atoms with Crippen LogP contribution in [0.1, 0.15) is 23.1 Å². The lowest BCUT2D eigenvalue weighted by Gasteiger charge is -2.16. The Morgan fingerprint density at radius 1 is 1.17 bits per heavy atom. The summed E-state index contributed by atoms with van der Waals surface area (Å²) in [6.07, 6.45) is 2.53. The van der Waals surface area contributed by atoms with Gasteiger partial charge in [0.2, 0.25) is 0 Å². The highest BCUT2D eigenvalue weighted by Gasteiger charge is 2.16. The quantitative estimate of drug-likeness (QED) is 0.478. The number of halogens is 1. The molecule has 4 nitrogen and oxygen atoms in total. The number of carbonyl (C=O) groups is 1. The van der Waals surface area contributed by atoms with Crippen LogP contribution in [-0.2, 0) is 11.3 Å². The minimum atomic E-state index is -0.636. The van der Waals surface area contributed by atoms with Gasteiger partial charge in [-0.05, 0) is 48.6 Å². The van der Waals surface area contributed by atoms with E-state index < -0.39 is 6.09 Å². The Kier molecular flexibility index (Phi) is 4.96. The molecule has 1 aliphatic carbocycles. The summed E-state index contributed by atoms with van der Waals surface area (Å²) in [5.41, 5.74) is 4.86. The monoisotopic (exact) mass is 340 g/mol. The molecule has 0 radical (unpaired) electrons. The first-order chi connectivity index (χ1) is 11.6. The average Bonchev–Trinajstić information content (AvgIpc) is 2.59. The summed E-state index contributed by atoms with van der Waals surface area (Å²) >= 11 is 6.41. The average molecular weight is 341 g/mol. The summed E-state index contributed by atoms with van der Waals surface area (Å²) < 4.78 is 0. The Hall–Kier alpha value is -2.59. The third-order valence-corrected chi connectivity index (χ3v) is 4.29. The number of benzene rings is 2. The van der Waals surface area contributed by atoms with Gasteiger partial charge in [0.15, 0.2) is 0 Å². The number of carbonyl (C=O) groups excluding carboxylic acids is 1. The SMILES string of the molecule is Cc1ccc(NC(=O)O/N=C/C2=C(Cl)c3ccccc3CC2)cc1. The third-order valence-electron chi connectivity index (χ3n) is 3.84. The molecule has 5 heteroatoms. The fourth-order valence-corrected chi connectivity index (χ4v) is 2.87. The van der Waals surface area contributed by atoms with Crippen LogP contribution in [0, 0.1) is 6.92 Å². The molecule has 3 rings (SSSR count). The molecule has 2 aromatic rings. The van der Waals surface area contributed by atoms with E-state index in [1.54, 1.807) is 12.1 Å². The summed E-state index contributed by atoms with van der Waals surface area (Å²) in [4.78, 5) is 16.6. The second-order valence-electron chi connectivity index (χ2n) is 5.60. The normalized spacial score (nSPS) is 13.8. The van der Waals surface area contributed by atoms with Crippen molar-refractivity contribution in [3.05, 3.63) is 70.8 Å². The molecule has 24 heavy (non-hydrogen) atoms. The number of allylic oxidation sites excluding steroid dienone is 1. The highest BCUT2D eigenvalue weighted by atomic mass is 35.5. The van der Waals surface area contributed by atoms with Crippen molar-refractivity contribution in [2.75, 3.05) is 5.32 Å². The first-order valence-corrected chi connectivity index (χ1v) is 8.06. The van der Waals surface area contributed by atoms with Crippen LogP contribution in [0.4, 0.5) is 10.5 Å². The Balaban J connectivity index is 1.62. The summed E-state index contributed by atoms with van der Waals surface area (Å²) in [5.74, 6) is 0. The smallest absolute Gasteiger partial charge is 0.298 e. The van der Waals surface area contributed by atoms with E-state index in [0.717, 1.165) is 29.5 Å². The maximum Gasteiger partial charge on any atom is 0.437 e. The van der Waals surface area contributed by atoms with Gasteiger partial charge in [-0.2, -0.15) is 0 Å². The lowest BCUT2D eigenvalue weighted by Crippen LogP contribution is -2.11. The maximum atomic E-state index is 11.7. The number of nitrogens with one attached hydrogen (secondary N) is 1. The van der Waals surface area contributed by atoms with Crippen molar-refractivity contribution in [3.63, 3.8) is 0 Å². The Morgan fingerprint density at radius 3 is 2.71 bits per heavy atom. The van der Waals surface area contributed by atoms with Gasteiger partial charge in [0.25, 0.3) is 0 Å². The van der Waals surface area contributed by atoms with Gasteiger partial charge in [-0.3, -0.25) is 10.2 Å². The van der Waals surface area contributed by atoms with Crippen LogP contribution >= 0.6 is 11.6 Å². The minimum absolute atomic E-state index is 0.636. The minimum Gasteiger partial charge on any atom is -0.298 e. The predicted molar refractivity (Wildman–Crippen MR) is 97.3 cm³/mol. The van der Waals surface area contributed by atoms with Crippen molar-refractivity contribution in [2.24, 2.45) is 5.16 Å². The van der Waals surface area contributed by atoms with Crippen LogP contribution in [0.3, 0.4) is 0 Å². The van der Waals surface area contributed by atoms with Gasteiger partial charge >= 0.3 is 6.09 Å². The first-order valence-electron chi connectivity index (χ1n) is 7.68. The molecule has 1 aliphatic rings. The van der Waals surface area contributed by atoms with Crippen molar-refractivity contribution in [1.29, 1.82) is 0 Å². The molecule has 2 aromatic carbocycles. The van der Waals surface area contributed by atoms with E-state index in [-0.39, 0.29) is 0 Å². The summed E-state index contributed by atoms with van der Waals surface area (Å²) in [6.45, 7) is 1.98. The fraction of sp³-hybridized carbons (Fsp3) is 0.158. The van der Waals surface area contributed by atoms with E-state index in [0.29, 0.717) is 10.7 Å². The van der Waals surface area contributed by atoms with Gasteiger partial charge in [-0.25, -0.2) is 4.79 Å². The topological polar surface area (TPSA) is 50.7 Å². The molecule has 1 N–H and O–H groups in total. The van der Waals surface area contributed by atoms with E-state index >= 15 is 0 Å². The number of rotatable bonds is 3. The van der Waals surface area contributed by atoms with Crippen molar-refractivity contribution >= 4 is 34.6 Å². The lowest BCUT2D eigenvalue weighted by molar-refractivity contribution is 0.167. The number of anilines is 1. The number of hydrogen-bond donors (Lipinski definition) is 1. The molecule has 0 fully saturated rings. The molecule has 0 atom stereocenters. The third kappa shape index (κ3) is 3.84. The molecule has 0 heterocycles. The molecule has 122 valence electrons. The molecule has 0 spiro atoms. The van der Waals surface area contributed by atoms with E-state index in [1.807, 2.05) is 37.3 Å². The number of aryl methyl sites for hydroxylation is 2. The number of fused-ring (bicyclic) bond motifs is 1. The molecular formula is C19H17ClN2O2. The molecule has 0 saturated heterocycles. The van der Waals surface area contributed by atoms with Crippen molar-refractivity contribution in [2.45, 2.75) is 19.8 Å². The number of amides is 1. The lowest BCUT2D eigenvalue weighted by atomic mass is 9.92. The zero-order valence-electron chi connectivity index (χ0n) is 13.3. The Labute approximate surface area is 145 Å². The van der Waals surface area contributed by atoms with Crippen molar-refractivity contribution < 1.29 is 9.63 Å². The molecule has 0 saturated carbocycles. The second-order valence-corrected chi connectivity index (χ2v) is 5.98. The van der Waals surface area contributed by atoms with E-state index in [2.05, 4.69) is 16.5 Å². The molecule has 0 aliphatic heterocycles. The molecule has 0 unspecified atom stereocenters. The summed E-state index contributed by atoms with van der Waals surface area (Å²) in [5, 5.41) is 7.02. The van der Waals surface area contributed by atoms with Crippen LogP contribution in [0.25, 0.3) is 5.03 Å². The van der Waals surface area contributed by atoms with Crippen LogP contribution in [0.5, 0.6) is 0 Å². The zero-order valence-corrected chi connectivity index (χ0v) is 14.0. The van der Waals surface area contributed by atoms with Crippen molar-refractivity contribution in [1.82, 2.24) is 0 Å². The van der Waals surface area contributed by atoms with E-state index in [4.69, 9.17) is 16.4 Å². The van der Waals surface area contributed by atoms with Gasteiger partial charge in [-0.1, -0.05) is 58.7 Å².